The SMILES string of the molecule is Cc1oc(C(C)C)cc1C(=O)N(CC(=O)O)C1CCOCC1. The first-order valence-electron chi connectivity index (χ1n) is 7.61. The summed E-state index contributed by atoms with van der Waals surface area (Å²) in [5, 5.41) is 9.12. The zero-order chi connectivity index (χ0) is 16.3. The number of ether oxygens (including phenoxy) is 1. The van der Waals surface area contributed by atoms with E-state index in [1.54, 1.807) is 13.0 Å². The van der Waals surface area contributed by atoms with Gasteiger partial charge in [0.25, 0.3) is 5.91 Å². The molecule has 1 aromatic heterocycles. The second-order valence-electron chi connectivity index (χ2n) is 5.94. The van der Waals surface area contributed by atoms with Gasteiger partial charge in [0.05, 0.1) is 5.56 Å². The van der Waals surface area contributed by atoms with E-state index in [1.165, 1.54) is 4.90 Å². The van der Waals surface area contributed by atoms with E-state index in [4.69, 9.17) is 14.3 Å². The molecule has 1 fully saturated rings. The molecule has 0 atom stereocenters. The third kappa shape index (κ3) is 3.68. The third-order valence-corrected chi connectivity index (χ3v) is 3.93. The van der Waals surface area contributed by atoms with Crippen LogP contribution < -0.4 is 0 Å². The van der Waals surface area contributed by atoms with Crippen LogP contribution in [0.4, 0.5) is 0 Å². The van der Waals surface area contributed by atoms with Crippen molar-refractivity contribution in [2.45, 2.75) is 45.6 Å². The molecule has 1 N–H and O–H groups in total. The van der Waals surface area contributed by atoms with Gasteiger partial charge in [0.1, 0.15) is 18.1 Å². The van der Waals surface area contributed by atoms with Crippen LogP contribution in [-0.4, -0.2) is 47.7 Å². The maximum Gasteiger partial charge on any atom is 0.323 e. The number of carbonyl (C=O) groups is 2. The Morgan fingerprint density at radius 2 is 2.00 bits per heavy atom. The zero-order valence-electron chi connectivity index (χ0n) is 13.3. The van der Waals surface area contributed by atoms with E-state index in [0.717, 1.165) is 5.76 Å². The first-order chi connectivity index (χ1) is 10.4. The van der Waals surface area contributed by atoms with Crippen LogP contribution in [0.5, 0.6) is 0 Å². The van der Waals surface area contributed by atoms with Crippen molar-refractivity contribution in [3.63, 3.8) is 0 Å². The minimum atomic E-state index is -1.01. The number of amides is 1. The molecular weight excluding hydrogens is 286 g/mol. The Morgan fingerprint density at radius 3 is 2.50 bits per heavy atom. The highest BCUT2D eigenvalue weighted by Gasteiger charge is 2.30. The molecule has 0 aliphatic carbocycles. The molecule has 22 heavy (non-hydrogen) atoms. The lowest BCUT2D eigenvalue weighted by molar-refractivity contribution is -0.138. The lowest BCUT2D eigenvalue weighted by atomic mass is 10.0. The molecule has 0 bridgehead atoms. The van der Waals surface area contributed by atoms with E-state index < -0.39 is 5.97 Å². The van der Waals surface area contributed by atoms with E-state index >= 15 is 0 Å². The quantitative estimate of drug-likeness (QED) is 0.903. The number of rotatable bonds is 5. The van der Waals surface area contributed by atoms with Crippen molar-refractivity contribution in [1.29, 1.82) is 0 Å². The van der Waals surface area contributed by atoms with Gasteiger partial charge in [-0.15, -0.1) is 0 Å². The molecule has 2 rings (SSSR count). The van der Waals surface area contributed by atoms with Crippen LogP contribution >= 0.6 is 0 Å². The van der Waals surface area contributed by atoms with Crippen LogP contribution in [0.3, 0.4) is 0 Å². The van der Waals surface area contributed by atoms with Crippen molar-refractivity contribution < 1.29 is 23.8 Å². The molecule has 0 saturated carbocycles. The average Bonchev–Trinajstić information content (AvgIpc) is 2.87. The van der Waals surface area contributed by atoms with Crippen molar-refractivity contribution in [3.8, 4) is 0 Å². The summed E-state index contributed by atoms with van der Waals surface area (Å²) in [7, 11) is 0. The molecule has 1 aromatic rings. The zero-order valence-corrected chi connectivity index (χ0v) is 13.3. The lowest BCUT2D eigenvalue weighted by Crippen LogP contribution is -2.46. The number of furan rings is 1. The molecule has 1 aliphatic heterocycles. The predicted octanol–water partition coefficient (Wildman–Crippen LogP) is 2.42. The van der Waals surface area contributed by atoms with Crippen molar-refractivity contribution in [2.75, 3.05) is 19.8 Å². The van der Waals surface area contributed by atoms with Crippen LogP contribution in [0.25, 0.3) is 0 Å². The molecule has 1 aliphatic rings. The predicted molar refractivity (Wildman–Crippen MR) is 80.0 cm³/mol. The summed E-state index contributed by atoms with van der Waals surface area (Å²) in [6.45, 7) is 6.51. The molecule has 0 spiro atoms. The smallest absolute Gasteiger partial charge is 0.323 e. The number of carboxylic acid groups (broad SMARTS) is 1. The van der Waals surface area contributed by atoms with Crippen LogP contribution in [0.1, 0.15) is 54.5 Å². The Labute approximate surface area is 130 Å². The maximum absolute atomic E-state index is 12.8. The van der Waals surface area contributed by atoms with Gasteiger partial charge in [-0.05, 0) is 25.8 Å². The summed E-state index contributed by atoms with van der Waals surface area (Å²) in [4.78, 5) is 25.4. The maximum atomic E-state index is 12.8. The Balaban J connectivity index is 2.26. The van der Waals surface area contributed by atoms with Gasteiger partial charge >= 0.3 is 5.97 Å². The first-order valence-corrected chi connectivity index (χ1v) is 7.61. The van der Waals surface area contributed by atoms with Crippen LogP contribution in [0.15, 0.2) is 10.5 Å². The summed E-state index contributed by atoms with van der Waals surface area (Å²) < 4.78 is 10.9. The number of aryl methyl sites for hydroxylation is 1. The molecule has 0 radical (unpaired) electrons. The Bertz CT molecular complexity index is 543. The van der Waals surface area contributed by atoms with Gasteiger partial charge in [0.2, 0.25) is 0 Å². The van der Waals surface area contributed by atoms with E-state index in [0.29, 0.717) is 37.4 Å². The van der Waals surface area contributed by atoms with E-state index in [1.807, 2.05) is 13.8 Å². The Hall–Kier alpha value is -1.82. The monoisotopic (exact) mass is 309 g/mol. The fraction of sp³-hybridized carbons (Fsp3) is 0.625. The van der Waals surface area contributed by atoms with Crippen molar-refractivity contribution in [3.05, 3.63) is 23.2 Å². The lowest BCUT2D eigenvalue weighted by Gasteiger charge is -2.33. The van der Waals surface area contributed by atoms with Crippen LogP contribution in [0, 0.1) is 6.92 Å². The van der Waals surface area contributed by atoms with Crippen molar-refractivity contribution >= 4 is 11.9 Å². The van der Waals surface area contributed by atoms with Gasteiger partial charge in [-0.25, -0.2) is 0 Å². The largest absolute Gasteiger partial charge is 0.480 e. The van der Waals surface area contributed by atoms with Gasteiger partial charge < -0.3 is 19.2 Å². The molecule has 6 heteroatoms. The van der Waals surface area contributed by atoms with Gasteiger partial charge in [0.15, 0.2) is 0 Å². The minimum absolute atomic E-state index is 0.103. The number of aliphatic carboxylic acids is 1. The molecule has 1 saturated heterocycles. The third-order valence-electron chi connectivity index (χ3n) is 3.93. The highest BCUT2D eigenvalue weighted by molar-refractivity contribution is 5.97. The molecule has 122 valence electrons. The highest BCUT2D eigenvalue weighted by Crippen LogP contribution is 2.25. The number of carbonyl (C=O) groups excluding carboxylic acids is 1. The molecular formula is C16H23NO5. The second-order valence-corrected chi connectivity index (χ2v) is 5.94. The number of hydrogen-bond acceptors (Lipinski definition) is 4. The molecule has 6 nitrogen and oxygen atoms in total. The summed E-state index contributed by atoms with van der Waals surface area (Å²) in [6.07, 6.45) is 1.32. The number of carboxylic acids is 1. The Kier molecular flexibility index (Phi) is 5.24. The molecule has 1 amide bonds. The van der Waals surface area contributed by atoms with Gasteiger partial charge in [0, 0.05) is 25.2 Å². The fourth-order valence-electron chi connectivity index (χ4n) is 2.67. The Morgan fingerprint density at radius 1 is 1.36 bits per heavy atom. The number of hydrogen-bond donors (Lipinski definition) is 1. The van der Waals surface area contributed by atoms with Crippen molar-refractivity contribution in [1.82, 2.24) is 4.90 Å². The standard InChI is InChI=1S/C16H23NO5/c1-10(2)14-8-13(11(3)22-14)16(20)17(9-15(18)19)12-4-6-21-7-5-12/h8,10,12H,4-7,9H2,1-3H3,(H,18,19). The summed E-state index contributed by atoms with van der Waals surface area (Å²) in [5.41, 5.74) is 0.455. The first kappa shape index (κ1) is 16.5. The summed E-state index contributed by atoms with van der Waals surface area (Å²) >= 11 is 0. The molecule has 0 unspecified atom stereocenters. The van der Waals surface area contributed by atoms with Crippen LogP contribution in [0.2, 0.25) is 0 Å². The number of nitrogens with zero attached hydrogens (tertiary/aromatic N) is 1. The second kappa shape index (κ2) is 6.96. The van der Waals surface area contributed by atoms with Gasteiger partial charge in [-0.2, -0.15) is 0 Å². The molecule has 0 aromatic carbocycles. The van der Waals surface area contributed by atoms with Gasteiger partial charge in [-0.1, -0.05) is 13.8 Å². The average molecular weight is 309 g/mol. The van der Waals surface area contributed by atoms with Crippen molar-refractivity contribution in [2.24, 2.45) is 0 Å². The molecule has 2 heterocycles. The van der Waals surface area contributed by atoms with Crippen LogP contribution in [-0.2, 0) is 9.53 Å². The summed E-state index contributed by atoms with van der Waals surface area (Å²) in [5.74, 6) is 0.169. The minimum Gasteiger partial charge on any atom is -0.480 e. The normalized spacial score (nSPS) is 16.0. The van der Waals surface area contributed by atoms with E-state index in [9.17, 15) is 9.59 Å². The van der Waals surface area contributed by atoms with Gasteiger partial charge in [-0.3, -0.25) is 9.59 Å². The topological polar surface area (TPSA) is 80.0 Å². The van der Waals surface area contributed by atoms with E-state index in [-0.39, 0.29) is 24.4 Å². The van der Waals surface area contributed by atoms with E-state index in [2.05, 4.69) is 0 Å². The fourth-order valence-corrected chi connectivity index (χ4v) is 2.67. The highest BCUT2D eigenvalue weighted by atomic mass is 16.5. The summed E-state index contributed by atoms with van der Waals surface area (Å²) in [6, 6.07) is 1.63.